The fourth-order valence-electron chi connectivity index (χ4n) is 1.83. The lowest BCUT2D eigenvalue weighted by molar-refractivity contribution is 0.475. The number of phenols is 2. The van der Waals surface area contributed by atoms with Crippen molar-refractivity contribution in [1.29, 1.82) is 0 Å². The van der Waals surface area contributed by atoms with Crippen molar-refractivity contribution < 1.29 is 14.6 Å². The van der Waals surface area contributed by atoms with Crippen LogP contribution in [-0.4, -0.2) is 10.2 Å². The van der Waals surface area contributed by atoms with Crippen LogP contribution >= 0.6 is 0 Å². The fraction of sp³-hybridized carbons (Fsp3) is 0. The standard InChI is InChI=1S/C13H8O4/c14-7-1-3-11-9(5-7)13(16)10-6-8(15)2-4-12(10)17-11/h1-6,14-15H. The normalized spacial score (nSPS) is 11.1. The van der Waals surface area contributed by atoms with Gasteiger partial charge in [0, 0.05) is 0 Å². The van der Waals surface area contributed by atoms with E-state index in [0.29, 0.717) is 21.9 Å². The molecule has 0 amide bonds. The minimum Gasteiger partial charge on any atom is -0.508 e. The maximum atomic E-state index is 12.1. The molecule has 0 radical (unpaired) electrons. The van der Waals surface area contributed by atoms with Crippen molar-refractivity contribution in [3.63, 3.8) is 0 Å². The molecule has 0 bridgehead atoms. The molecule has 3 aromatic rings. The second-order valence-electron chi connectivity index (χ2n) is 3.79. The Labute approximate surface area is 95.3 Å². The molecular weight excluding hydrogens is 220 g/mol. The Morgan fingerprint density at radius 3 is 1.76 bits per heavy atom. The largest absolute Gasteiger partial charge is 0.508 e. The summed E-state index contributed by atoms with van der Waals surface area (Å²) in [5, 5.41) is 19.3. The van der Waals surface area contributed by atoms with Crippen LogP contribution in [0.15, 0.2) is 45.6 Å². The Morgan fingerprint density at radius 1 is 0.824 bits per heavy atom. The second kappa shape index (κ2) is 3.25. The molecule has 0 atom stereocenters. The third-order valence-corrected chi connectivity index (χ3v) is 2.64. The van der Waals surface area contributed by atoms with E-state index in [2.05, 4.69) is 0 Å². The highest BCUT2D eigenvalue weighted by molar-refractivity contribution is 5.90. The highest BCUT2D eigenvalue weighted by Crippen LogP contribution is 2.23. The van der Waals surface area contributed by atoms with Gasteiger partial charge in [0.05, 0.1) is 10.8 Å². The first-order chi connectivity index (χ1) is 8.15. The molecule has 0 saturated carbocycles. The molecule has 0 aliphatic carbocycles. The number of phenolic OH excluding ortho intramolecular Hbond substituents is 2. The van der Waals surface area contributed by atoms with E-state index in [1.807, 2.05) is 0 Å². The van der Waals surface area contributed by atoms with E-state index >= 15 is 0 Å². The molecule has 2 aromatic carbocycles. The molecule has 0 spiro atoms. The average molecular weight is 228 g/mol. The summed E-state index contributed by atoms with van der Waals surface area (Å²) < 4.78 is 5.51. The molecule has 3 rings (SSSR count). The number of hydrogen-bond donors (Lipinski definition) is 2. The summed E-state index contributed by atoms with van der Waals surface area (Å²) in [5.41, 5.74) is 0.546. The van der Waals surface area contributed by atoms with Crippen molar-refractivity contribution in [2.45, 2.75) is 0 Å². The highest BCUT2D eigenvalue weighted by Gasteiger charge is 2.08. The van der Waals surface area contributed by atoms with E-state index in [0.717, 1.165) is 0 Å². The van der Waals surface area contributed by atoms with Crippen molar-refractivity contribution >= 4 is 21.9 Å². The smallest absolute Gasteiger partial charge is 0.200 e. The Morgan fingerprint density at radius 2 is 1.29 bits per heavy atom. The topological polar surface area (TPSA) is 70.7 Å². The summed E-state index contributed by atoms with van der Waals surface area (Å²) in [6.07, 6.45) is 0. The first kappa shape index (κ1) is 9.72. The van der Waals surface area contributed by atoms with Gasteiger partial charge in [0.2, 0.25) is 5.43 Å². The van der Waals surface area contributed by atoms with Gasteiger partial charge in [0.15, 0.2) is 0 Å². The van der Waals surface area contributed by atoms with Gasteiger partial charge in [0.1, 0.15) is 22.7 Å². The zero-order valence-corrected chi connectivity index (χ0v) is 8.68. The molecule has 4 heteroatoms. The van der Waals surface area contributed by atoms with Crippen LogP contribution in [0.25, 0.3) is 21.9 Å². The zero-order valence-electron chi connectivity index (χ0n) is 8.68. The van der Waals surface area contributed by atoms with Crippen molar-refractivity contribution in [3.8, 4) is 11.5 Å². The van der Waals surface area contributed by atoms with Crippen molar-refractivity contribution in [2.24, 2.45) is 0 Å². The molecule has 84 valence electrons. The SMILES string of the molecule is O=c1c2cc(O)ccc2oc2ccc(O)cc12. The van der Waals surface area contributed by atoms with E-state index in [1.54, 1.807) is 12.1 Å². The van der Waals surface area contributed by atoms with Crippen LogP contribution in [0.1, 0.15) is 0 Å². The van der Waals surface area contributed by atoms with Crippen LogP contribution in [0, 0.1) is 0 Å². The Kier molecular flexibility index (Phi) is 1.86. The molecule has 0 aliphatic rings. The van der Waals surface area contributed by atoms with Gasteiger partial charge in [-0.15, -0.1) is 0 Å². The van der Waals surface area contributed by atoms with E-state index in [1.165, 1.54) is 24.3 Å². The molecule has 4 nitrogen and oxygen atoms in total. The molecule has 0 fully saturated rings. The monoisotopic (exact) mass is 228 g/mol. The highest BCUT2D eigenvalue weighted by atomic mass is 16.3. The van der Waals surface area contributed by atoms with Crippen LogP contribution in [0.5, 0.6) is 11.5 Å². The minimum absolute atomic E-state index is 0.00398. The van der Waals surface area contributed by atoms with Crippen LogP contribution in [0.4, 0.5) is 0 Å². The molecule has 1 heterocycles. The lowest BCUT2D eigenvalue weighted by Gasteiger charge is -2.02. The zero-order chi connectivity index (χ0) is 12.0. The van der Waals surface area contributed by atoms with Crippen molar-refractivity contribution in [1.82, 2.24) is 0 Å². The van der Waals surface area contributed by atoms with E-state index in [9.17, 15) is 15.0 Å². The first-order valence-corrected chi connectivity index (χ1v) is 5.04. The maximum absolute atomic E-state index is 12.1. The van der Waals surface area contributed by atoms with Crippen LogP contribution in [-0.2, 0) is 0 Å². The lowest BCUT2D eigenvalue weighted by Crippen LogP contribution is -2.01. The number of benzene rings is 2. The molecule has 17 heavy (non-hydrogen) atoms. The number of fused-ring (bicyclic) bond motifs is 2. The number of rotatable bonds is 0. The predicted molar refractivity (Wildman–Crippen MR) is 63.3 cm³/mol. The quantitative estimate of drug-likeness (QED) is 0.579. The van der Waals surface area contributed by atoms with E-state index in [-0.39, 0.29) is 16.9 Å². The third kappa shape index (κ3) is 1.42. The molecule has 1 aromatic heterocycles. The van der Waals surface area contributed by atoms with Gasteiger partial charge in [-0.2, -0.15) is 0 Å². The number of hydrogen-bond acceptors (Lipinski definition) is 4. The summed E-state index contributed by atoms with van der Waals surface area (Å²) >= 11 is 0. The maximum Gasteiger partial charge on any atom is 0.200 e. The Bertz CT molecular complexity index is 723. The van der Waals surface area contributed by atoms with Gasteiger partial charge >= 0.3 is 0 Å². The average Bonchev–Trinajstić information content (AvgIpc) is 2.32. The number of aromatic hydroxyl groups is 2. The Balaban J connectivity index is 2.58. The Hall–Kier alpha value is -2.49. The van der Waals surface area contributed by atoms with Gasteiger partial charge < -0.3 is 14.6 Å². The fourth-order valence-corrected chi connectivity index (χ4v) is 1.83. The first-order valence-electron chi connectivity index (χ1n) is 5.04. The molecular formula is C13H8O4. The molecule has 0 unspecified atom stereocenters. The van der Waals surface area contributed by atoms with Crippen molar-refractivity contribution in [2.75, 3.05) is 0 Å². The molecule has 0 aliphatic heterocycles. The van der Waals surface area contributed by atoms with Gasteiger partial charge in [-0.25, -0.2) is 0 Å². The summed E-state index contributed by atoms with van der Waals surface area (Å²) in [6, 6.07) is 8.70. The van der Waals surface area contributed by atoms with Gasteiger partial charge in [0.25, 0.3) is 0 Å². The molecule has 0 saturated heterocycles. The van der Waals surface area contributed by atoms with E-state index in [4.69, 9.17) is 4.42 Å². The van der Waals surface area contributed by atoms with Crippen molar-refractivity contribution in [3.05, 3.63) is 46.6 Å². The predicted octanol–water partition coefficient (Wildman–Crippen LogP) is 2.36. The van der Waals surface area contributed by atoms with Crippen LogP contribution in [0.3, 0.4) is 0 Å². The summed E-state index contributed by atoms with van der Waals surface area (Å²) in [4.78, 5) is 12.1. The lowest BCUT2D eigenvalue weighted by atomic mass is 10.1. The van der Waals surface area contributed by atoms with Crippen LogP contribution in [0.2, 0.25) is 0 Å². The van der Waals surface area contributed by atoms with Gasteiger partial charge in [-0.3, -0.25) is 4.79 Å². The summed E-state index contributed by atoms with van der Waals surface area (Å²) in [7, 11) is 0. The third-order valence-electron chi connectivity index (χ3n) is 2.64. The molecule has 2 N–H and O–H groups in total. The van der Waals surface area contributed by atoms with Gasteiger partial charge in [-0.1, -0.05) is 0 Å². The van der Waals surface area contributed by atoms with E-state index < -0.39 is 0 Å². The summed E-state index contributed by atoms with van der Waals surface area (Å²) in [5.74, 6) is 0.00797. The minimum atomic E-state index is -0.270. The second-order valence-corrected chi connectivity index (χ2v) is 3.79. The van der Waals surface area contributed by atoms with Gasteiger partial charge in [-0.05, 0) is 36.4 Å². The summed E-state index contributed by atoms with van der Waals surface area (Å²) in [6.45, 7) is 0. The van der Waals surface area contributed by atoms with Crippen LogP contribution < -0.4 is 5.43 Å².